The lowest BCUT2D eigenvalue weighted by atomic mass is 9.83. The van der Waals surface area contributed by atoms with Crippen molar-refractivity contribution >= 4 is 11.6 Å². The number of ether oxygens (including phenoxy) is 3. The Morgan fingerprint density at radius 1 is 1.17 bits per heavy atom. The van der Waals surface area contributed by atoms with Gasteiger partial charge in [0, 0.05) is 29.2 Å². The van der Waals surface area contributed by atoms with Crippen LogP contribution in [0.1, 0.15) is 30.4 Å². The molecule has 0 saturated heterocycles. The van der Waals surface area contributed by atoms with Crippen LogP contribution in [0.5, 0.6) is 17.2 Å². The highest BCUT2D eigenvalue weighted by atomic mass is 16.6. The summed E-state index contributed by atoms with van der Waals surface area (Å²) in [6.07, 6.45) is 0.358. The average molecular weight is 325 g/mol. The van der Waals surface area contributed by atoms with Gasteiger partial charge in [-0.3, -0.25) is 4.79 Å². The second-order valence-electron chi connectivity index (χ2n) is 5.83. The van der Waals surface area contributed by atoms with Crippen molar-refractivity contribution in [3.8, 4) is 17.2 Å². The Balaban J connectivity index is 1.88. The summed E-state index contributed by atoms with van der Waals surface area (Å²) in [6, 6.07) is 11.6. The van der Waals surface area contributed by atoms with Gasteiger partial charge >= 0.3 is 0 Å². The molecule has 0 saturated carbocycles. The molecule has 1 amide bonds. The Bertz CT molecular complexity index is 787. The minimum Gasteiger partial charge on any atom is -0.494 e. The fourth-order valence-corrected chi connectivity index (χ4v) is 3.40. The van der Waals surface area contributed by atoms with E-state index in [4.69, 9.17) is 14.2 Å². The predicted molar refractivity (Wildman–Crippen MR) is 90.1 cm³/mol. The van der Waals surface area contributed by atoms with Crippen molar-refractivity contribution in [2.24, 2.45) is 0 Å². The van der Waals surface area contributed by atoms with Crippen LogP contribution in [0.15, 0.2) is 36.4 Å². The largest absolute Gasteiger partial charge is 0.494 e. The number of amides is 1. The first kappa shape index (κ1) is 14.9. The number of fused-ring (bicyclic) bond motifs is 3. The number of carbonyl (C=O) groups is 1. The van der Waals surface area contributed by atoms with Crippen molar-refractivity contribution in [1.29, 1.82) is 0 Å². The highest BCUT2D eigenvalue weighted by Gasteiger charge is 2.34. The lowest BCUT2D eigenvalue weighted by Gasteiger charge is -2.31. The quantitative estimate of drug-likeness (QED) is 0.940. The van der Waals surface area contributed by atoms with E-state index < -0.39 is 0 Å². The SMILES string of the molecule is CCOc1ccccc1C1CC(=O)Nc2ccc3c(c21)OCCO3. The maximum atomic E-state index is 12.2. The number of hydrogen-bond donors (Lipinski definition) is 1. The molecule has 4 rings (SSSR count). The fraction of sp³-hybridized carbons (Fsp3) is 0.316. The molecule has 0 aromatic heterocycles. The van der Waals surface area contributed by atoms with Crippen molar-refractivity contribution in [1.82, 2.24) is 0 Å². The summed E-state index contributed by atoms with van der Waals surface area (Å²) < 4.78 is 17.4. The summed E-state index contributed by atoms with van der Waals surface area (Å²) in [5.41, 5.74) is 2.75. The molecule has 5 heteroatoms. The van der Waals surface area contributed by atoms with E-state index in [0.29, 0.717) is 26.2 Å². The van der Waals surface area contributed by atoms with Crippen LogP contribution in [0.25, 0.3) is 0 Å². The Labute approximate surface area is 140 Å². The molecule has 2 heterocycles. The number of nitrogens with one attached hydrogen (secondary N) is 1. The Morgan fingerprint density at radius 2 is 2.00 bits per heavy atom. The first-order valence-electron chi connectivity index (χ1n) is 8.22. The third-order valence-corrected chi connectivity index (χ3v) is 4.35. The van der Waals surface area contributed by atoms with Crippen LogP contribution in [0.2, 0.25) is 0 Å². The number of rotatable bonds is 3. The summed E-state index contributed by atoms with van der Waals surface area (Å²) in [6.45, 7) is 3.59. The van der Waals surface area contributed by atoms with Crippen molar-refractivity contribution in [2.75, 3.05) is 25.1 Å². The van der Waals surface area contributed by atoms with Gasteiger partial charge in [0.1, 0.15) is 19.0 Å². The lowest BCUT2D eigenvalue weighted by molar-refractivity contribution is -0.116. The van der Waals surface area contributed by atoms with E-state index in [0.717, 1.165) is 34.1 Å². The summed E-state index contributed by atoms with van der Waals surface area (Å²) in [4.78, 5) is 12.2. The normalized spacial score (nSPS) is 18.5. The van der Waals surface area contributed by atoms with E-state index in [9.17, 15) is 4.79 Å². The second kappa shape index (κ2) is 6.07. The van der Waals surface area contributed by atoms with Gasteiger partial charge in [-0.25, -0.2) is 0 Å². The van der Waals surface area contributed by atoms with Gasteiger partial charge in [-0.15, -0.1) is 0 Å². The summed E-state index contributed by atoms with van der Waals surface area (Å²) >= 11 is 0. The van der Waals surface area contributed by atoms with Crippen molar-refractivity contribution in [2.45, 2.75) is 19.3 Å². The van der Waals surface area contributed by atoms with Crippen LogP contribution in [0, 0.1) is 0 Å². The molecule has 0 spiro atoms. The fourth-order valence-electron chi connectivity index (χ4n) is 3.40. The smallest absolute Gasteiger partial charge is 0.225 e. The molecule has 0 aliphatic carbocycles. The highest BCUT2D eigenvalue weighted by molar-refractivity contribution is 5.96. The maximum absolute atomic E-state index is 12.2. The molecule has 2 aromatic rings. The van der Waals surface area contributed by atoms with Gasteiger partial charge in [0.25, 0.3) is 0 Å². The molecule has 2 aliphatic rings. The zero-order chi connectivity index (χ0) is 16.5. The topological polar surface area (TPSA) is 56.8 Å². The maximum Gasteiger partial charge on any atom is 0.225 e. The van der Waals surface area contributed by atoms with Crippen molar-refractivity contribution < 1.29 is 19.0 Å². The number of benzene rings is 2. The van der Waals surface area contributed by atoms with E-state index in [2.05, 4.69) is 5.32 Å². The molecule has 0 bridgehead atoms. The Hall–Kier alpha value is -2.69. The van der Waals surface area contributed by atoms with Crippen LogP contribution >= 0.6 is 0 Å². The molecular formula is C19H19NO4. The zero-order valence-corrected chi connectivity index (χ0v) is 13.5. The summed E-state index contributed by atoms with van der Waals surface area (Å²) in [5, 5.41) is 2.95. The van der Waals surface area contributed by atoms with Crippen LogP contribution < -0.4 is 19.5 Å². The van der Waals surface area contributed by atoms with Gasteiger partial charge in [0.2, 0.25) is 5.91 Å². The number of para-hydroxylation sites is 1. The van der Waals surface area contributed by atoms with Crippen molar-refractivity contribution in [3.63, 3.8) is 0 Å². The van der Waals surface area contributed by atoms with E-state index >= 15 is 0 Å². The van der Waals surface area contributed by atoms with Gasteiger partial charge in [0.15, 0.2) is 11.5 Å². The van der Waals surface area contributed by atoms with E-state index in [-0.39, 0.29) is 11.8 Å². The predicted octanol–water partition coefficient (Wildman–Crippen LogP) is 3.33. The molecule has 124 valence electrons. The average Bonchev–Trinajstić information content (AvgIpc) is 2.61. The molecule has 2 aliphatic heterocycles. The number of carbonyl (C=O) groups excluding carboxylic acids is 1. The van der Waals surface area contributed by atoms with E-state index in [1.54, 1.807) is 0 Å². The Kier molecular flexibility index (Phi) is 3.76. The molecule has 24 heavy (non-hydrogen) atoms. The number of hydrogen-bond acceptors (Lipinski definition) is 4. The lowest BCUT2D eigenvalue weighted by Crippen LogP contribution is -2.26. The highest BCUT2D eigenvalue weighted by Crippen LogP contribution is 2.49. The monoisotopic (exact) mass is 325 g/mol. The molecule has 1 unspecified atom stereocenters. The van der Waals surface area contributed by atoms with Gasteiger partial charge in [-0.05, 0) is 25.1 Å². The van der Waals surface area contributed by atoms with E-state index in [1.165, 1.54) is 0 Å². The van der Waals surface area contributed by atoms with Gasteiger partial charge in [-0.2, -0.15) is 0 Å². The zero-order valence-electron chi connectivity index (χ0n) is 13.5. The van der Waals surface area contributed by atoms with Gasteiger partial charge < -0.3 is 19.5 Å². The first-order valence-corrected chi connectivity index (χ1v) is 8.22. The summed E-state index contributed by atoms with van der Waals surface area (Å²) in [7, 11) is 0. The minimum atomic E-state index is -0.117. The molecule has 0 radical (unpaired) electrons. The molecule has 5 nitrogen and oxygen atoms in total. The molecule has 0 fully saturated rings. The minimum absolute atomic E-state index is 0.00419. The summed E-state index contributed by atoms with van der Waals surface area (Å²) in [5.74, 6) is 2.15. The third-order valence-electron chi connectivity index (χ3n) is 4.35. The van der Waals surface area contributed by atoms with Gasteiger partial charge in [0.05, 0.1) is 6.61 Å². The third kappa shape index (κ3) is 2.46. The molecule has 1 N–H and O–H groups in total. The van der Waals surface area contributed by atoms with Crippen LogP contribution in [-0.2, 0) is 4.79 Å². The standard InChI is InChI=1S/C19H19NO4/c1-2-22-15-6-4-3-5-12(15)13-11-17(21)20-14-7-8-16-19(18(13)14)24-10-9-23-16/h3-8,13H,2,9-11H2,1H3,(H,20,21). The van der Waals surface area contributed by atoms with Crippen molar-refractivity contribution in [3.05, 3.63) is 47.5 Å². The van der Waals surface area contributed by atoms with Gasteiger partial charge in [-0.1, -0.05) is 18.2 Å². The van der Waals surface area contributed by atoms with Crippen LogP contribution in [-0.4, -0.2) is 25.7 Å². The molecular weight excluding hydrogens is 306 g/mol. The van der Waals surface area contributed by atoms with E-state index in [1.807, 2.05) is 43.3 Å². The number of anilines is 1. The first-order chi connectivity index (χ1) is 11.8. The Morgan fingerprint density at radius 3 is 2.88 bits per heavy atom. The van der Waals surface area contributed by atoms with Crippen LogP contribution in [0.3, 0.4) is 0 Å². The molecule has 1 atom stereocenters. The second-order valence-corrected chi connectivity index (χ2v) is 5.83. The van der Waals surface area contributed by atoms with Crippen LogP contribution in [0.4, 0.5) is 5.69 Å². The molecule has 2 aromatic carbocycles.